The minimum atomic E-state index is -1.36. The third-order valence-corrected chi connectivity index (χ3v) is 3.17. The smallest absolute Gasteiger partial charge is 0.317 e. The van der Waals surface area contributed by atoms with E-state index in [-0.39, 0.29) is 31.9 Å². The first-order valence-corrected chi connectivity index (χ1v) is 6.77. The largest absolute Gasteiger partial charge is 0.480 e. The number of rotatable bonds is 5. The highest BCUT2D eigenvalue weighted by Gasteiger charge is 2.33. The number of carbonyl (C=O) groups is 2. The predicted molar refractivity (Wildman–Crippen MR) is 74.2 cm³/mol. The van der Waals surface area contributed by atoms with E-state index in [9.17, 15) is 14.7 Å². The summed E-state index contributed by atoms with van der Waals surface area (Å²) in [5.74, 6) is -1.44. The number of aliphatic carboxylic acids is 1. The average molecular weight is 310 g/mol. The van der Waals surface area contributed by atoms with E-state index in [0.717, 1.165) is 0 Å². The summed E-state index contributed by atoms with van der Waals surface area (Å²) < 4.78 is 5.30. The molecule has 1 aliphatic heterocycles. The SMILES string of the molecule is O=C(O)CN1CCOCC(O)(CNC(=O)c2cnccn2)C1. The normalized spacial score (nSPS) is 22.8. The van der Waals surface area contributed by atoms with Crippen LogP contribution in [-0.4, -0.2) is 82.0 Å². The quantitative estimate of drug-likeness (QED) is 0.591. The summed E-state index contributed by atoms with van der Waals surface area (Å²) in [6.07, 6.45) is 4.17. The molecular weight excluding hydrogens is 292 g/mol. The van der Waals surface area contributed by atoms with E-state index in [1.807, 2.05) is 0 Å². The Morgan fingerprint density at radius 3 is 2.95 bits per heavy atom. The third kappa shape index (κ3) is 4.72. The number of hydrogen-bond donors (Lipinski definition) is 3. The van der Waals surface area contributed by atoms with Crippen molar-refractivity contribution in [3.63, 3.8) is 0 Å². The van der Waals surface area contributed by atoms with Crippen LogP contribution in [0, 0.1) is 0 Å². The molecule has 1 fully saturated rings. The fourth-order valence-corrected chi connectivity index (χ4v) is 2.18. The number of nitrogens with one attached hydrogen (secondary N) is 1. The number of carboxylic acid groups (broad SMARTS) is 1. The van der Waals surface area contributed by atoms with Gasteiger partial charge in [-0.1, -0.05) is 0 Å². The first-order chi connectivity index (χ1) is 10.5. The molecule has 9 nitrogen and oxygen atoms in total. The molecule has 1 amide bonds. The second kappa shape index (κ2) is 7.25. The molecule has 1 aromatic heterocycles. The minimum Gasteiger partial charge on any atom is -0.480 e. The lowest BCUT2D eigenvalue weighted by Crippen LogP contribution is -2.53. The van der Waals surface area contributed by atoms with Crippen molar-refractivity contribution in [2.75, 3.05) is 39.4 Å². The first-order valence-electron chi connectivity index (χ1n) is 6.77. The Kier molecular flexibility index (Phi) is 5.36. The van der Waals surface area contributed by atoms with Crippen molar-refractivity contribution in [3.05, 3.63) is 24.3 Å². The molecule has 3 N–H and O–H groups in total. The van der Waals surface area contributed by atoms with Crippen LogP contribution in [0.5, 0.6) is 0 Å². The third-order valence-electron chi connectivity index (χ3n) is 3.17. The molecular formula is C13H18N4O5. The van der Waals surface area contributed by atoms with Crippen LogP contribution in [0.2, 0.25) is 0 Å². The minimum absolute atomic E-state index is 0.0177. The summed E-state index contributed by atoms with van der Waals surface area (Å²) in [5, 5.41) is 21.9. The standard InChI is InChI=1S/C13H18N4O5/c18-11(19)6-17-3-4-22-9-13(21,8-17)7-16-12(20)10-5-14-1-2-15-10/h1-2,5,21H,3-4,6-9H2,(H,16,20)(H,18,19). The van der Waals surface area contributed by atoms with E-state index >= 15 is 0 Å². The number of amides is 1. The number of nitrogens with zero attached hydrogens (tertiary/aromatic N) is 3. The van der Waals surface area contributed by atoms with Gasteiger partial charge in [-0.2, -0.15) is 0 Å². The lowest BCUT2D eigenvalue weighted by molar-refractivity contribution is -0.138. The van der Waals surface area contributed by atoms with Crippen LogP contribution in [0.15, 0.2) is 18.6 Å². The van der Waals surface area contributed by atoms with Crippen molar-refractivity contribution in [1.82, 2.24) is 20.2 Å². The van der Waals surface area contributed by atoms with Gasteiger partial charge >= 0.3 is 5.97 Å². The summed E-state index contributed by atoms with van der Waals surface area (Å²) in [7, 11) is 0. The molecule has 9 heteroatoms. The van der Waals surface area contributed by atoms with Crippen LogP contribution in [0.1, 0.15) is 10.5 Å². The van der Waals surface area contributed by atoms with Gasteiger partial charge in [0.15, 0.2) is 0 Å². The maximum atomic E-state index is 11.9. The monoisotopic (exact) mass is 310 g/mol. The highest BCUT2D eigenvalue weighted by Crippen LogP contribution is 2.11. The van der Waals surface area contributed by atoms with Gasteiger partial charge in [-0.05, 0) is 0 Å². The highest BCUT2D eigenvalue weighted by molar-refractivity contribution is 5.91. The molecule has 1 aromatic rings. The molecule has 0 saturated carbocycles. The van der Waals surface area contributed by atoms with Gasteiger partial charge in [0.25, 0.3) is 5.91 Å². The number of carbonyl (C=O) groups excluding carboxylic acids is 1. The van der Waals surface area contributed by atoms with Crippen molar-refractivity contribution in [2.24, 2.45) is 0 Å². The number of β-amino-alcohol motifs (C(OH)–C–C–N with tert-alkyl or cyclic N) is 1. The molecule has 1 atom stereocenters. The Morgan fingerprint density at radius 2 is 2.27 bits per heavy atom. The number of aliphatic hydroxyl groups is 1. The van der Waals surface area contributed by atoms with E-state index in [4.69, 9.17) is 9.84 Å². The summed E-state index contributed by atoms with van der Waals surface area (Å²) in [5.41, 5.74) is -1.22. The zero-order valence-corrected chi connectivity index (χ0v) is 11.9. The highest BCUT2D eigenvalue weighted by atomic mass is 16.5. The zero-order valence-electron chi connectivity index (χ0n) is 11.9. The summed E-state index contributed by atoms with van der Waals surface area (Å²) in [6.45, 7) is 0.590. The van der Waals surface area contributed by atoms with Gasteiger partial charge in [0, 0.05) is 25.5 Å². The fourth-order valence-electron chi connectivity index (χ4n) is 2.18. The Bertz CT molecular complexity index is 526. The van der Waals surface area contributed by atoms with Crippen LogP contribution < -0.4 is 5.32 Å². The molecule has 0 aliphatic carbocycles. The average Bonchev–Trinajstić information content (AvgIpc) is 2.67. The van der Waals surface area contributed by atoms with Crippen LogP contribution in [-0.2, 0) is 9.53 Å². The van der Waals surface area contributed by atoms with E-state index in [1.165, 1.54) is 18.6 Å². The molecule has 0 radical (unpaired) electrons. The van der Waals surface area contributed by atoms with E-state index < -0.39 is 17.5 Å². The Hall–Kier alpha value is -2.10. The van der Waals surface area contributed by atoms with Crippen molar-refractivity contribution in [1.29, 1.82) is 0 Å². The molecule has 0 aromatic carbocycles. The first kappa shape index (κ1) is 16.3. The fraction of sp³-hybridized carbons (Fsp3) is 0.538. The summed E-state index contributed by atoms with van der Waals surface area (Å²) >= 11 is 0. The van der Waals surface area contributed by atoms with Crippen LogP contribution in [0.25, 0.3) is 0 Å². The Morgan fingerprint density at radius 1 is 1.45 bits per heavy atom. The molecule has 1 unspecified atom stereocenters. The van der Waals surface area contributed by atoms with Gasteiger partial charge in [0.1, 0.15) is 11.3 Å². The number of ether oxygens (including phenoxy) is 1. The zero-order chi connectivity index (χ0) is 16.0. The van der Waals surface area contributed by atoms with Gasteiger partial charge in [0.2, 0.25) is 0 Å². The van der Waals surface area contributed by atoms with Crippen LogP contribution >= 0.6 is 0 Å². The van der Waals surface area contributed by atoms with E-state index in [0.29, 0.717) is 13.2 Å². The van der Waals surface area contributed by atoms with Gasteiger partial charge in [0.05, 0.1) is 32.5 Å². The number of hydrogen-bond acceptors (Lipinski definition) is 7. The van der Waals surface area contributed by atoms with Crippen LogP contribution in [0.3, 0.4) is 0 Å². The second-order valence-corrected chi connectivity index (χ2v) is 5.15. The molecule has 2 rings (SSSR count). The lowest BCUT2D eigenvalue weighted by Gasteiger charge is -2.30. The van der Waals surface area contributed by atoms with Crippen molar-refractivity contribution in [2.45, 2.75) is 5.60 Å². The molecule has 2 heterocycles. The van der Waals surface area contributed by atoms with Gasteiger partial charge < -0.3 is 20.3 Å². The van der Waals surface area contributed by atoms with Crippen LogP contribution in [0.4, 0.5) is 0 Å². The van der Waals surface area contributed by atoms with Gasteiger partial charge in [-0.3, -0.25) is 19.5 Å². The lowest BCUT2D eigenvalue weighted by atomic mass is 10.0. The molecule has 0 bridgehead atoms. The molecule has 1 saturated heterocycles. The summed E-state index contributed by atoms with van der Waals surface area (Å²) in [6, 6.07) is 0. The molecule has 1 aliphatic rings. The predicted octanol–water partition coefficient (Wildman–Crippen LogP) is -1.65. The van der Waals surface area contributed by atoms with Crippen molar-refractivity contribution >= 4 is 11.9 Å². The Labute approximate surface area is 126 Å². The van der Waals surface area contributed by atoms with Crippen molar-refractivity contribution in [3.8, 4) is 0 Å². The van der Waals surface area contributed by atoms with Gasteiger partial charge in [-0.25, -0.2) is 4.98 Å². The maximum absolute atomic E-state index is 11.9. The number of carboxylic acids is 1. The second-order valence-electron chi connectivity index (χ2n) is 5.15. The van der Waals surface area contributed by atoms with Gasteiger partial charge in [-0.15, -0.1) is 0 Å². The van der Waals surface area contributed by atoms with Crippen molar-refractivity contribution < 1.29 is 24.5 Å². The molecule has 22 heavy (non-hydrogen) atoms. The number of aromatic nitrogens is 2. The summed E-state index contributed by atoms with van der Waals surface area (Å²) in [4.78, 5) is 31.9. The van der Waals surface area contributed by atoms with E-state index in [1.54, 1.807) is 4.90 Å². The topological polar surface area (TPSA) is 125 Å². The molecule has 0 spiro atoms. The maximum Gasteiger partial charge on any atom is 0.317 e. The molecule has 120 valence electrons. The Balaban J connectivity index is 1.94. The van der Waals surface area contributed by atoms with E-state index in [2.05, 4.69) is 15.3 Å².